The van der Waals surface area contributed by atoms with Gasteiger partial charge in [-0.15, -0.1) is 0 Å². The van der Waals surface area contributed by atoms with Gasteiger partial charge in [-0.25, -0.2) is 4.79 Å². The number of carbonyl (C=O) groups is 2. The molecule has 0 unspecified atom stereocenters. The lowest BCUT2D eigenvalue weighted by Crippen LogP contribution is -2.50. The number of piperazine rings is 1. The van der Waals surface area contributed by atoms with E-state index in [2.05, 4.69) is 31.5 Å². The molecule has 0 radical (unpaired) electrons. The number of hydrogen-bond acceptors (Lipinski definition) is 5. The number of hydrogen-bond donors (Lipinski definition) is 2. The van der Waals surface area contributed by atoms with E-state index in [1.54, 1.807) is 35.5 Å². The second-order valence-electron chi connectivity index (χ2n) is 10.2. The molecular formula is C30H34Cl2N6O2. The van der Waals surface area contributed by atoms with Crippen LogP contribution in [0.15, 0.2) is 60.9 Å². The van der Waals surface area contributed by atoms with Crippen molar-refractivity contribution in [2.45, 2.75) is 19.3 Å². The van der Waals surface area contributed by atoms with Crippen LogP contribution in [0.1, 0.15) is 29.6 Å². The van der Waals surface area contributed by atoms with Gasteiger partial charge in [-0.05, 0) is 69.2 Å². The Morgan fingerprint density at radius 3 is 2.42 bits per heavy atom. The van der Waals surface area contributed by atoms with Gasteiger partial charge in [0.2, 0.25) is 0 Å². The highest BCUT2D eigenvalue weighted by atomic mass is 35.5. The van der Waals surface area contributed by atoms with Crippen molar-refractivity contribution in [1.82, 2.24) is 20.1 Å². The topological polar surface area (TPSA) is 80.8 Å². The first-order valence-corrected chi connectivity index (χ1v) is 14.5. The van der Waals surface area contributed by atoms with Crippen LogP contribution < -0.4 is 15.5 Å². The van der Waals surface area contributed by atoms with Crippen LogP contribution in [0, 0.1) is 0 Å². The van der Waals surface area contributed by atoms with Crippen molar-refractivity contribution in [3.63, 3.8) is 0 Å². The molecule has 2 saturated heterocycles. The minimum absolute atomic E-state index is 0.102. The lowest BCUT2D eigenvalue weighted by molar-refractivity contribution is 0.0951. The van der Waals surface area contributed by atoms with Gasteiger partial charge >= 0.3 is 6.03 Å². The van der Waals surface area contributed by atoms with Crippen LogP contribution in [-0.2, 0) is 0 Å². The van der Waals surface area contributed by atoms with E-state index in [0.717, 1.165) is 29.8 Å². The van der Waals surface area contributed by atoms with E-state index in [9.17, 15) is 9.59 Å². The molecule has 1 aromatic heterocycles. The normalized spacial score (nSPS) is 15.8. The zero-order chi connectivity index (χ0) is 27.9. The Labute approximate surface area is 245 Å². The van der Waals surface area contributed by atoms with Crippen LogP contribution in [0.3, 0.4) is 0 Å². The number of likely N-dealkylation sites (tertiary alicyclic amines) is 1. The van der Waals surface area contributed by atoms with Crippen LogP contribution in [0.4, 0.5) is 16.2 Å². The standard InChI is InChI=1S/C30H34Cl2N6O2/c31-26-9-8-24(19-27(26)32)35-30(40)38-16-14-37(15-17-38)28-7-2-1-6-25(28)22-18-23(21-33-20-22)29(39)34-10-5-13-36-11-3-4-12-36/h1-2,6-9,18-21H,3-5,10-17H2,(H,34,39)(H,35,40). The van der Waals surface area contributed by atoms with Gasteiger partial charge in [-0.3, -0.25) is 9.78 Å². The van der Waals surface area contributed by atoms with Gasteiger partial charge in [0.05, 0.1) is 15.6 Å². The summed E-state index contributed by atoms with van der Waals surface area (Å²) in [6.45, 7) is 6.50. The number of aromatic nitrogens is 1. The van der Waals surface area contributed by atoms with Crippen molar-refractivity contribution >= 4 is 46.5 Å². The maximum Gasteiger partial charge on any atom is 0.321 e. The van der Waals surface area contributed by atoms with Crippen LogP contribution >= 0.6 is 23.2 Å². The van der Waals surface area contributed by atoms with E-state index in [0.29, 0.717) is 54.0 Å². The molecule has 210 valence electrons. The first kappa shape index (κ1) is 28.2. The number of halogens is 2. The van der Waals surface area contributed by atoms with Crippen LogP contribution in [-0.4, -0.2) is 79.1 Å². The maximum atomic E-state index is 12.8. The Morgan fingerprint density at radius 2 is 1.65 bits per heavy atom. The van der Waals surface area contributed by atoms with Crippen molar-refractivity contribution in [3.8, 4) is 11.1 Å². The third kappa shape index (κ3) is 7.05. The second-order valence-corrected chi connectivity index (χ2v) is 11.0. The predicted octanol–water partition coefficient (Wildman–Crippen LogP) is 5.63. The third-order valence-corrected chi connectivity index (χ3v) is 8.17. The number of para-hydroxylation sites is 1. The number of nitrogens with zero attached hydrogens (tertiary/aromatic N) is 4. The molecule has 10 heteroatoms. The van der Waals surface area contributed by atoms with Crippen LogP contribution in [0.2, 0.25) is 10.0 Å². The van der Waals surface area contributed by atoms with Gasteiger partial charge in [-0.1, -0.05) is 41.4 Å². The summed E-state index contributed by atoms with van der Waals surface area (Å²) in [6, 6.07) is 14.9. The summed E-state index contributed by atoms with van der Waals surface area (Å²) >= 11 is 12.1. The van der Waals surface area contributed by atoms with Crippen LogP contribution in [0.5, 0.6) is 0 Å². The quantitative estimate of drug-likeness (QED) is 0.338. The second kappa shape index (κ2) is 13.4. The molecule has 3 aromatic rings. The molecule has 2 fully saturated rings. The molecule has 2 aromatic carbocycles. The SMILES string of the molecule is O=C(NCCCN1CCCC1)c1cncc(-c2ccccc2N2CCN(C(=O)Nc3ccc(Cl)c(Cl)c3)CC2)c1. The third-order valence-electron chi connectivity index (χ3n) is 7.43. The molecule has 3 amide bonds. The van der Waals surface area contributed by atoms with Crippen molar-refractivity contribution in [3.05, 3.63) is 76.5 Å². The summed E-state index contributed by atoms with van der Waals surface area (Å²) < 4.78 is 0. The average Bonchev–Trinajstić information content (AvgIpc) is 3.51. The van der Waals surface area contributed by atoms with E-state index in [4.69, 9.17) is 23.2 Å². The highest BCUT2D eigenvalue weighted by molar-refractivity contribution is 6.42. The van der Waals surface area contributed by atoms with Gasteiger partial charge in [0, 0.05) is 67.6 Å². The van der Waals surface area contributed by atoms with E-state index < -0.39 is 0 Å². The molecule has 0 spiro atoms. The van der Waals surface area contributed by atoms with Gasteiger partial charge < -0.3 is 25.3 Å². The van der Waals surface area contributed by atoms with Crippen LogP contribution in [0.25, 0.3) is 11.1 Å². The number of carbonyl (C=O) groups excluding carboxylic acids is 2. The van der Waals surface area contributed by atoms with Crippen molar-refractivity contribution < 1.29 is 9.59 Å². The Kier molecular flexibility index (Phi) is 9.41. The Hall–Kier alpha value is -3.33. The molecule has 0 bridgehead atoms. The Balaban J connectivity index is 1.19. The molecule has 2 N–H and O–H groups in total. The van der Waals surface area contributed by atoms with Gasteiger partial charge in [-0.2, -0.15) is 0 Å². The molecule has 0 aliphatic carbocycles. The fourth-order valence-corrected chi connectivity index (χ4v) is 5.54. The largest absolute Gasteiger partial charge is 0.367 e. The number of pyridine rings is 1. The summed E-state index contributed by atoms with van der Waals surface area (Å²) in [4.78, 5) is 36.6. The minimum Gasteiger partial charge on any atom is -0.367 e. The summed E-state index contributed by atoms with van der Waals surface area (Å²) in [5, 5.41) is 6.79. The van der Waals surface area contributed by atoms with E-state index in [1.165, 1.54) is 25.9 Å². The van der Waals surface area contributed by atoms with Gasteiger partial charge in [0.25, 0.3) is 5.91 Å². The first-order chi connectivity index (χ1) is 19.5. The molecule has 2 aliphatic heterocycles. The maximum absolute atomic E-state index is 12.8. The van der Waals surface area contributed by atoms with Crippen molar-refractivity contribution in [1.29, 1.82) is 0 Å². The zero-order valence-electron chi connectivity index (χ0n) is 22.4. The number of rotatable bonds is 8. The molecular weight excluding hydrogens is 547 g/mol. The number of anilines is 2. The monoisotopic (exact) mass is 580 g/mol. The molecule has 3 heterocycles. The molecule has 40 heavy (non-hydrogen) atoms. The number of amides is 3. The fourth-order valence-electron chi connectivity index (χ4n) is 5.24. The Morgan fingerprint density at radius 1 is 0.875 bits per heavy atom. The lowest BCUT2D eigenvalue weighted by atomic mass is 10.0. The van der Waals surface area contributed by atoms with Crippen molar-refractivity contribution in [2.24, 2.45) is 0 Å². The van der Waals surface area contributed by atoms with Gasteiger partial charge in [0.1, 0.15) is 0 Å². The highest BCUT2D eigenvalue weighted by Gasteiger charge is 2.23. The summed E-state index contributed by atoms with van der Waals surface area (Å²) in [5.74, 6) is -0.102. The lowest BCUT2D eigenvalue weighted by Gasteiger charge is -2.37. The molecule has 0 saturated carbocycles. The number of benzene rings is 2. The molecule has 2 aliphatic rings. The molecule has 5 rings (SSSR count). The fraction of sp³-hybridized carbons (Fsp3) is 0.367. The number of nitrogens with one attached hydrogen (secondary N) is 2. The average molecular weight is 582 g/mol. The predicted molar refractivity (Wildman–Crippen MR) is 162 cm³/mol. The molecule has 0 atom stereocenters. The summed E-state index contributed by atoms with van der Waals surface area (Å²) in [6.07, 6.45) is 6.91. The van der Waals surface area contributed by atoms with Gasteiger partial charge in [0.15, 0.2) is 0 Å². The zero-order valence-corrected chi connectivity index (χ0v) is 23.9. The minimum atomic E-state index is -0.172. The highest BCUT2D eigenvalue weighted by Crippen LogP contribution is 2.32. The van der Waals surface area contributed by atoms with E-state index in [1.807, 2.05) is 24.3 Å². The summed E-state index contributed by atoms with van der Waals surface area (Å²) in [5.41, 5.74) is 4.11. The molecule has 8 nitrogen and oxygen atoms in total. The smallest absolute Gasteiger partial charge is 0.321 e. The summed E-state index contributed by atoms with van der Waals surface area (Å²) in [7, 11) is 0. The Bertz CT molecular complexity index is 1340. The number of urea groups is 1. The van der Waals surface area contributed by atoms with Crippen molar-refractivity contribution in [2.75, 3.05) is 62.6 Å². The van der Waals surface area contributed by atoms with E-state index in [-0.39, 0.29) is 11.9 Å². The van der Waals surface area contributed by atoms with E-state index >= 15 is 0 Å². The first-order valence-electron chi connectivity index (χ1n) is 13.8.